The van der Waals surface area contributed by atoms with E-state index in [9.17, 15) is 9.59 Å². The molecule has 8 nitrogen and oxygen atoms in total. The van der Waals surface area contributed by atoms with Crippen LogP contribution in [0.1, 0.15) is 22.1 Å². The van der Waals surface area contributed by atoms with Crippen molar-refractivity contribution < 1.29 is 18.8 Å². The van der Waals surface area contributed by atoms with Gasteiger partial charge in [0.2, 0.25) is 0 Å². The van der Waals surface area contributed by atoms with Crippen molar-refractivity contribution in [1.82, 2.24) is 20.4 Å². The monoisotopic (exact) mass is 428 g/mol. The van der Waals surface area contributed by atoms with E-state index in [1.165, 1.54) is 4.90 Å². The average molecular weight is 429 g/mol. The minimum absolute atomic E-state index is 0.0997. The Kier molecular flexibility index (Phi) is 7.40. The van der Waals surface area contributed by atoms with E-state index in [2.05, 4.69) is 15.5 Å². The number of benzene rings is 2. The molecule has 2 amide bonds. The molecule has 0 aliphatic heterocycles. The largest absolute Gasteiger partial charge is 0.484 e. The van der Waals surface area contributed by atoms with Crippen LogP contribution in [-0.4, -0.2) is 47.1 Å². The van der Waals surface area contributed by atoms with Gasteiger partial charge in [-0.1, -0.05) is 47.1 Å². The van der Waals surface area contributed by atoms with E-state index < -0.39 is 5.91 Å². The Bertz CT molecular complexity index is 976. The number of hydrogen-bond acceptors (Lipinski definition) is 6. The summed E-state index contributed by atoms with van der Waals surface area (Å²) < 4.78 is 10.5. The van der Waals surface area contributed by atoms with Gasteiger partial charge < -0.3 is 19.5 Å². The molecule has 0 saturated heterocycles. The number of ether oxygens (including phenoxy) is 1. The van der Waals surface area contributed by atoms with Crippen LogP contribution in [0.15, 0.2) is 59.1 Å². The summed E-state index contributed by atoms with van der Waals surface area (Å²) in [6, 6.07) is 16.3. The summed E-state index contributed by atoms with van der Waals surface area (Å²) in [6.07, 6.45) is 0.346. The number of hydrogen-bond donors (Lipinski definition) is 1. The highest BCUT2D eigenvalue weighted by Crippen LogP contribution is 2.15. The molecule has 0 radical (unpaired) electrons. The average Bonchev–Trinajstić information content (AvgIpc) is 3.25. The zero-order chi connectivity index (χ0) is 21.3. The molecular formula is C21H21ClN4O4. The van der Waals surface area contributed by atoms with Gasteiger partial charge in [0, 0.05) is 31.6 Å². The van der Waals surface area contributed by atoms with Crippen molar-refractivity contribution in [2.75, 3.05) is 20.2 Å². The van der Waals surface area contributed by atoms with Gasteiger partial charge in [0.25, 0.3) is 5.91 Å². The maximum Gasteiger partial charge on any atom is 0.315 e. The van der Waals surface area contributed by atoms with Gasteiger partial charge in [0.15, 0.2) is 12.4 Å². The van der Waals surface area contributed by atoms with Gasteiger partial charge in [-0.05, 0) is 29.8 Å². The molecule has 1 N–H and O–H groups in total. The van der Waals surface area contributed by atoms with E-state index in [1.807, 2.05) is 30.3 Å². The van der Waals surface area contributed by atoms with Crippen molar-refractivity contribution in [2.45, 2.75) is 13.0 Å². The smallest absolute Gasteiger partial charge is 0.315 e. The molecule has 0 aliphatic rings. The van der Waals surface area contributed by atoms with Crippen molar-refractivity contribution in [3.63, 3.8) is 0 Å². The normalized spacial score (nSPS) is 10.5. The minimum Gasteiger partial charge on any atom is -0.484 e. The van der Waals surface area contributed by atoms with Crippen LogP contribution in [0.2, 0.25) is 5.02 Å². The highest BCUT2D eigenvalue weighted by Gasteiger charge is 2.16. The SMILES string of the molecule is CN(CCc1noc(C(=O)NCc2ccccc2)n1)C(=O)COc1ccc(Cl)cc1. The van der Waals surface area contributed by atoms with Crippen molar-refractivity contribution in [1.29, 1.82) is 0 Å². The van der Waals surface area contributed by atoms with Crippen LogP contribution in [0.4, 0.5) is 0 Å². The lowest BCUT2D eigenvalue weighted by molar-refractivity contribution is -0.132. The quantitative estimate of drug-likeness (QED) is 0.562. The predicted molar refractivity (Wildman–Crippen MR) is 110 cm³/mol. The fourth-order valence-electron chi connectivity index (χ4n) is 2.48. The summed E-state index contributed by atoms with van der Waals surface area (Å²) in [5.41, 5.74) is 0.964. The summed E-state index contributed by atoms with van der Waals surface area (Å²) in [6.45, 7) is 0.618. The van der Waals surface area contributed by atoms with Crippen LogP contribution in [0, 0.1) is 0 Å². The number of aromatic nitrogens is 2. The Hall–Kier alpha value is -3.39. The third-order valence-corrected chi connectivity index (χ3v) is 4.48. The van der Waals surface area contributed by atoms with Gasteiger partial charge >= 0.3 is 11.8 Å². The van der Waals surface area contributed by atoms with E-state index in [0.29, 0.717) is 36.1 Å². The molecule has 0 aliphatic carbocycles. The van der Waals surface area contributed by atoms with Crippen molar-refractivity contribution in [3.05, 3.63) is 76.9 Å². The van der Waals surface area contributed by atoms with Crippen molar-refractivity contribution >= 4 is 23.4 Å². The van der Waals surface area contributed by atoms with E-state index in [1.54, 1.807) is 31.3 Å². The second-order valence-corrected chi connectivity index (χ2v) is 6.93. The number of rotatable bonds is 9. The van der Waals surface area contributed by atoms with Gasteiger partial charge in [0.05, 0.1) is 0 Å². The topological polar surface area (TPSA) is 97.6 Å². The maximum absolute atomic E-state index is 12.2. The number of nitrogens with zero attached hydrogens (tertiary/aromatic N) is 3. The number of halogens is 1. The minimum atomic E-state index is -0.446. The third-order valence-electron chi connectivity index (χ3n) is 4.23. The molecule has 1 heterocycles. The molecule has 0 fully saturated rings. The lowest BCUT2D eigenvalue weighted by Crippen LogP contribution is -2.33. The molecule has 1 aromatic heterocycles. The van der Waals surface area contributed by atoms with Gasteiger partial charge in [0.1, 0.15) is 5.75 Å². The standard InChI is InChI=1S/C21H21ClN4O4/c1-26(19(27)14-29-17-9-7-16(22)8-10-17)12-11-18-24-21(30-25-18)20(28)23-13-15-5-3-2-4-6-15/h2-10H,11-14H2,1H3,(H,23,28). The number of carbonyl (C=O) groups excluding carboxylic acids is 2. The molecule has 30 heavy (non-hydrogen) atoms. The molecule has 156 valence electrons. The highest BCUT2D eigenvalue weighted by molar-refractivity contribution is 6.30. The predicted octanol–water partition coefficient (Wildman–Crippen LogP) is 2.73. The second kappa shape index (κ2) is 10.4. The van der Waals surface area contributed by atoms with Crippen LogP contribution in [-0.2, 0) is 17.8 Å². The summed E-state index contributed by atoms with van der Waals surface area (Å²) >= 11 is 5.82. The first-order valence-electron chi connectivity index (χ1n) is 9.28. The molecule has 0 atom stereocenters. The zero-order valence-corrected chi connectivity index (χ0v) is 17.1. The van der Waals surface area contributed by atoms with Crippen LogP contribution < -0.4 is 10.1 Å². The first-order valence-corrected chi connectivity index (χ1v) is 9.66. The highest BCUT2D eigenvalue weighted by atomic mass is 35.5. The molecule has 3 aromatic rings. The molecule has 2 aromatic carbocycles. The first kappa shape index (κ1) is 21.3. The zero-order valence-electron chi connectivity index (χ0n) is 16.4. The molecule has 3 rings (SSSR count). The summed E-state index contributed by atoms with van der Waals surface area (Å²) in [5.74, 6) is 0.150. The molecule has 0 unspecified atom stereocenters. The third kappa shape index (κ3) is 6.31. The van der Waals surface area contributed by atoms with Gasteiger partial charge in [-0.3, -0.25) is 9.59 Å². The van der Waals surface area contributed by atoms with Crippen LogP contribution in [0.5, 0.6) is 5.75 Å². The van der Waals surface area contributed by atoms with Crippen molar-refractivity contribution in [2.24, 2.45) is 0 Å². The van der Waals surface area contributed by atoms with Crippen LogP contribution in [0.3, 0.4) is 0 Å². The Morgan fingerprint density at radius 2 is 1.87 bits per heavy atom. The van der Waals surface area contributed by atoms with E-state index in [4.69, 9.17) is 20.9 Å². The molecule has 0 saturated carbocycles. The van der Waals surface area contributed by atoms with Gasteiger partial charge in [-0.15, -0.1) is 0 Å². The Balaban J connectivity index is 1.42. The summed E-state index contributed by atoms with van der Waals surface area (Å²) in [5, 5.41) is 7.12. The van der Waals surface area contributed by atoms with Crippen LogP contribution >= 0.6 is 11.6 Å². The maximum atomic E-state index is 12.2. The molecule has 0 bridgehead atoms. The Morgan fingerprint density at radius 3 is 2.60 bits per heavy atom. The summed E-state index contributed by atoms with van der Waals surface area (Å²) in [7, 11) is 1.65. The van der Waals surface area contributed by atoms with E-state index in [-0.39, 0.29) is 18.4 Å². The number of amides is 2. The van der Waals surface area contributed by atoms with Gasteiger partial charge in [-0.2, -0.15) is 4.98 Å². The number of carbonyl (C=O) groups is 2. The Labute approximate surface area is 178 Å². The summed E-state index contributed by atoms with van der Waals surface area (Å²) in [4.78, 5) is 29.9. The van der Waals surface area contributed by atoms with Crippen LogP contribution in [0.25, 0.3) is 0 Å². The van der Waals surface area contributed by atoms with Crippen molar-refractivity contribution in [3.8, 4) is 5.75 Å². The lowest BCUT2D eigenvalue weighted by atomic mass is 10.2. The number of likely N-dealkylation sites (N-methyl/N-ethyl adjacent to an activating group) is 1. The fraction of sp³-hybridized carbons (Fsp3) is 0.238. The molecular weight excluding hydrogens is 408 g/mol. The van der Waals surface area contributed by atoms with E-state index >= 15 is 0 Å². The Morgan fingerprint density at radius 1 is 1.13 bits per heavy atom. The second-order valence-electron chi connectivity index (χ2n) is 6.49. The fourth-order valence-corrected chi connectivity index (χ4v) is 2.61. The first-order chi connectivity index (χ1) is 14.5. The molecule has 0 spiro atoms. The van der Waals surface area contributed by atoms with E-state index in [0.717, 1.165) is 5.56 Å². The molecule has 9 heteroatoms. The number of nitrogens with one attached hydrogen (secondary N) is 1. The van der Waals surface area contributed by atoms with Gasteiger partial charge in [-0.25, -0.2) is 0 Å². The lowest BCUT2D eigenvalue weighted by Gasteiger charge is -2.16.